The molecule has 0 bridgehead atoms. The van der Waals surface area contributed by atoms with E-state index < -0.39 is 41.8 Å². The van der Waals surface area contributed by atoms with Crippen molar-refractivity contribution < 1.29 is 24.3 Å². The van der Waals surface area contributed by atoms with Crippen LogP contribution in [0.25, 0.3) is 0 Å². The molecule has 0 aromatic carbocycles. The highest BCUT2D eigenvalue weighted by Gasteiger charge is 2.24. The normalized spacial score (nSPS) is 14.1. The zero-order valence-corrected chi connectivity index (χ0v) is 15.1. The number of carbonyl (C=O) groups is 4. The minimum atomic E-state index is -1.19. The van der Waals surface area contributed by atoms with Gasteiger partial charge in [-0.3, -0.25) is 19.2 Å². The lowest BCUT2D eigenvalue weighted by Crippen LogP contribution is -2.53. The fourth-order valence-electron chi connectivity index (χ4n) is 1.76. The first-order valence-electron chi connectivity index (χ1n) is 7.89. The second-order valence-corrected chi connectivity index (χ2v) is 5.85. The highest BCUT2D eigenvalue weighted by atomic mass is 32.1. The number of thiol groups is 1. The summed E-state index contributed by atoms with van der Waals surface area (Å²) in [5.41, 5.74) is 10.9. The van der Waals surface area contributed by atoms with E-state index in [2.05, 4.69) is 28.6 Å². The number of rotatable bonds is 12. The van der Waals surface area contributed by atoms with E-state index in [9.17, 15) is 19.2 Å². The average molecular weight is 377 g/mol. The third kappa shape index (κ3) is 9.89. The smallest absolute Gasteiger partial charge is 0.325 e. The van der Waals surface area contributed by atoms with Crippen molar-refractivity contribution in [2.75, 3.05) is 18.8 Å². The molecule has 0 rings (SSSR count). The predicted molar refractivity (Wildman–Crippen MR) is 94.9 cm³/mol. The number of nitrogens with one attached hydrogen (secondary N) is 3. The summed E-state index contributed by atoms with van der Waals surface area (Å²) in [6.45, 7) is 1.40. The van der Waals surface area contributed by atoms with Crippen molar-refractivity contribution in [3.63, 3.8) is 0 Å². The Bertz CT molecular complexity index is 477. The van der Waals surface area contributed by atoms with E-state index >= 15 is 0 Å². The number of aliphatic carboxylic acids is 1. The third-order valence-corrected chi connectivity index (χ3v) is 3.68. The van der Waals surface area contributed by atoms with Crippen LogP contribution in [0.1, 0.15) is 26.2 Å². The molecule has 0 aliphatic rings. The number of nitrogens with two attached hydrogens (primary N) is 2. The lowest BCUT2D eigenvalue weighted by Gasteiger charge is -2.20. The van der Waals surface area contributed by atoms with Crippen LogP contribution < -0.4 is 27.4 Å². The van der Waals surface area contributed by atoms with E-state index in [0.29, 0.717) is 25.8 Å². The maximum absolute atomic E-state index is 12.1. The molecule has 3 amide bonds. The molecule has 0 radical (unpaired) electrons. The van der Waals surface area contributed by atoms with Crippen molar-refractivity contribution in [2.24, 2.45) is 11.5 Å². The van der Waals surface area contributed by atoms with E-state index in [-0.39, 0.29) is 12.3 Å². The van der Waals surface area contributed by atoms with Gasteiger partial charge < -0.3 is 32.5 Å². The van der Waals surface area contributed by atoms with Crippen molar-refractivity contribution in [1.29, 1.82) is 0 Å². The van der Waals surface area contributed by atoms with Crippen LogP contribution >= 0.6 is 12.6 Å². The summed E-state index contributed by atoms with van der Waals surface area (Å²) in [6.07, 6.45) is 1.53. The molecule has 0 spiro atoms. The number of hydrogen-bond acceptors (Lipinski definition) is 7. The number of carbonyl (C=O) groups excluding carboxylic acids is 3. The molecule has 3 atom stereocenters. The van der Waals surface area contributed by atoms with Gasteiger partial charge in [0.25, 0.3) is 0 Å². The third-order valence-electron chi connectivity index (χ3n) is 3.28. The van der Waals surface area contributed by atoms with Gasteiger partial charge in [-0.1, -0.05) is 0 Å². The fourth-order valence-corrected chi connectivity index (χ4v) is 1.93. The van der Waals surface area contributed by atoms with Gasteiger partial charge in [0.2, 0.25) is 17.7 Å². The topological polar surface area (TPSA) is 177 Å². The van der Waals surface area contributed by atoms with Gasteiger partial charge in [-0.05, 0) is 32.7 Å². The van der Waals surface area contributed by atoms with Gasteiger partial charge in [-0.15, -0.1) is 0 Å². The number of carboxylic acid groups (broad SMARTS) is 1. The Kier molecular flexibility index (Phi) is 11.6. The molecule has 0 aromatic rings. The molecule has 0 heterocycles. The first-order valence-corrected chi connectivity index (χ1v) is 8.52. The largest absolute Gasteiger partial charge is 0.480 e. The van der Waals surface area contributed by atoms with E-state index in [4.69, 9.17) is 16.6 Å². The Morgan fingerprint density at radius 3 is 2.28 bits per heavy atom. The first-order chi connectivity index (χ1) is 11.7. The molecule has 0 aromatic heterocycles. The van der Waals surface area contributed by atoms with Crippen molar-refractivity contribution in [1.82, 2.24) is 16.0 Å². The fraction of sp³-hybridized carbons (Fsp3) is 0.714. The quantitative estimate of drug-likeness (QED) is 0.146. The van der Waals surface area contributed by atoms with Crippen LogP contribution in [0.15, 0.2) is 0 Å². The molecule has 144 valence electrons. The standard InChI is InChI=1S/C14H27N5O5S/c1-8(14(23)24)18-13(22)10(4-2-3-5-15)19-11(20)6-17-12(21)9(16)7-25/h8-10,25H,2-7,15-16H2,1H3,(H,17,21)(H,18,22)(H,19,20)(H,23,24). The summed E-state index contributed by atoms with van der Waals surface area (Å²) in [7, 11) is 0. The number of unbranched alkanes of at least 4 members (excludes halogenated alkanes) is 1. The van der Waals surface area contributed by atoms with Crippen molar-refractivity contribution in [3.05, 3.63) is 0 Å². The average Bonchev–Trinajstić information content (AvgIpc) is 2.57. The Morgan fingerprint density at radius 2 is 1.76 bits per heavy atom. The summed E-state index contributed by atoms with van der Waals surface area (Å²) in [6, 6.07) is -2.85. The minimum absolute atomic E-state index is 0.130. The van der Waals surface area contributed by atoms with Crippen LogP contribution in [0.5, 0.6) is 0 Å². The maximum Gasteiger partial charge on any atom is 0.325 e. The van der Waals surface area contributed by atoms with Gasteiger partial charge in [0.1, 0.15) is 12.1 Å². The summed E-state index contributed by atoms with van der Waals surface area (Å²) in [5, 5.41) is 16.0. The van der Waals surface area contributed by atoms with Crippen LogP contribution in [0.2, 0.25) is 0 Å². The molecule has 25 heavy (non-hydrogen) atoms. The van der Waals surface area contributed by atoms with E-state index in [0.717, 1.165) is 0 Å². The zero-order chi connectivity index (χ0) is 19.4. The van der Waals surface area contributed by atoms with Crippen LogP contribution in [-0.4, -0.2) is 65.8 Å². The van der Waals surface area contributed by atoms with Gasteiger partial charge in [0.05, 0.1) is 12.6 Å². The summed E-state index contributed by atoms with van der Waals surface area (Å²) < 4.78 is 0. The SMILES string of the molecule is CC(NC(=O)C(CCCCN)NC(=O)CNC(=O)C(N)CS)C(=O)O. The van der Waals surface area contributed by atoms with Crippen molar-refractivity contribution >= 4 is 36.3 Å². The van der Waals surface area contributed by atoms with E-state index in [1.807, 2.05) is 0 Å². The highest BCUT2D eigenvalue weighted by Crippen LogP contribution is 2.02. The van der Waals surface area contributed by atoms with Crippen molar-refractivity contribution in [2.45, 2.75) is 44.3 Å². The number of carboxylic acids is 1. The van der Waals surface area contributed by atoms with E-state index in [1.165, 1.54) is 6.92 Å². The number of amides is 3. The van der Waals surface area contributed by atoms with Crippen LogP contribution in [-0.2, 0) is 19.2 Å². The van der Waals surface area contributed by atoms with Crippen LogP contribution in [0.4, 0.5) is 0 Å². The zero-order valence-electron chi connectivity index (χ0n) is 14.2. The Hall–Kier alpha value is -1.85. The van der Waals surface area contributed by atoms with Gasteiger partial charge in [0, 0.05) is 5.75 Å². The molecule has 0 fully saturated rings. The lowest BCUT2D eigenvalue weighted by atomic mass is 10.1. The predicted octanol–water partition coefficient (Wildman–Crippen LogP) is -2.44. The molecule has 3 unspecified atom stereocenters. The Morgan fingerprint density at radius 1 is 1.12 bits per heavy atom. The second-order valence-electron chi connectivity index (χ2n) is 5.48. The van der Waals surface area contributed by atoms with Crippen LogP contribution in [0.3, 0.4) is 0 Å². The van der Waals surface area contributed by atoms with Gasteiger partial charge in [-0.25, -0.2) is 0 Å². The molecular weight excluding hydrogens is 350 g/mol. The van der Waals surface area contributed by atoms with Gasteiger partial charge in [-0.2, -0.15) is 12.6 Å². The highest BCUT2D eigenvalue weighted by molar-refractivity contribution is 7.80. The van der Waals surface area contributed by atoms with E-state index in [1.54, 1.807) is 0 Å². The number of hydrogen-bond donors (Lipinski definition) is 7. The maximum atomic E-state index is 12.1. The van der Waals surface area contributed by atoms with Crippen LogP contribution in [0, 0.1) is 0 Å². The lowest BCUT2D eigenvalue weighted by molar-refractivity contribution is -0.141. The summed E-state index contributed by atoms with van der Waals surface area (Å²) in [4.78, 5) is 46.4. The molecule has 10 nitrogen and oxygen atoms in total. The first kappa shape index (κ1) is 23.1. The minimum Gasteiger partial charge on any atom is -0.480 e. The van der Waals surface area contributed by atoms with Gasteiger partial charge in [0.15, 0.2) is 0 Å². The molecule has 8 N–H and O–H groups in total. The molecule has 0 aliphatic carbocycles. The molecule has 0 saturated heterocycles. The summed E-state index contributed by atoms with van der Waals surface area (Å²) in [5.74, 6) is -2.79. The van der Waals surface area contributed by atoms with Gasteiger partial charge >= 0.3 is 5.97 Å². The molecule has 0 aliphatic heterocycles. The summed E-state index contributed by atoms with van der Waals surface area (Å²) >= 11 is 3.88. The van der Waals surface area contributed by atoms with Crippen molar-refractivity contribution in [3.8, 4) is 0 Å². The second kappa shape index (κ2) is 12.5. The monoisotopic (exact) mass is 377 g/mol. The Labute approximate surface area is 151 Å². The molecular formula is C14H27N5O5S. The molecule has 0 saturated carbocycles. The molecule has 11 heteroatoms. The Balaban J connectivity index is 4.64.